The number of nitrogens with one attached hydrogen (secondary N) is 1. The van der Waals surface area contributed by atoms with Crippen LogP contribution in [0.4, 0.5) is 13.6 Å². The number of benzene rings is 1. The molecule has 1 aliphatic heterocycles. The largest absolute Gasteiger partial charge is 0.463 e. The summed E-state index contributed by atoms with van der Waals surface area (Å²) in [6.07, 6.45) is 0. The van der Waals surface area contributed by atoms with Gasteiger partial charge in [0, 0.05) is 5.56 Å². The molecule has 2 aromatic rings. The van der Waals surface area contributed by atoms with Crippen LogP contribution in [0.5, 0.6) is 0 Å². The van der Waals surface area contributed by atoms with Crippen molar-refractivity contribution in [1.29, 1.82) is 0 Å². The number of urea groups is 1. The van der Waals surface area contributed by atoms with Crippen LogP contribution in [0, 0.1) is 11.6 Å². The van der Waals surface area contributed by atoms with Crippen LogP contribution in [-0.2, 0) is 21.6 Å². The van der Waals surface area contributed by atoms with Gasteiger partial charge in [0.15, 0.2) is 0 Å². The van der Waals surface area contributed by atoms with Gasteiger partial charge >= 0.3 is 12.0 Å². The minimum absolute atomic E-state index is 0.0894. The normalized spacial score (nSPS) is 19.6. The van der Waals surface area contributed by atoms with Gasteiger partial charge < -0.3 is 14.5 Å². The van der Waals surface area contributed by atoms with E-state index >= 15 is 0 Å². The molecule has 1 atom stereocenters. The van der Waals surface area contributed by atoms with Crippen LogP contribution < -0.4 is 5.32 Å². The number of hydrogen-bond acceptors (Lipinski definition) is 5. The zero-order valence-corrected chi connectivity index (χ0v) is 13.8. The van der Waals surface area contributed by atoms with Gasteiger partial charge in [-0.05, 0) is 37.3 Å². The topological polar surface area (TPSA) is 88.9 Å². The molecule has 7 nitrogen and oxygen atoms in total. The van der Waals surface area contributed by atoms with E-state index < -0.39 is 35.1 Å². The Labute approximate surface area is 146 Å². The molecule has 0 saturated carbocycles. The second-order valence-corrected chi connectivity index (χ2v) is 5.83. The number of hydrogen-bond donors (Lipinski definition) is 1. The number of nitrogens with zero attached hydrogens (tertiary/aromatic N) is 1. The predicted octanol–water partition coefficient (Wildman–Crippen LogP) is 2.31. The van der Waals surface area contributed by atoms with Crippen molar-refractivity contribution in [3.8, 4) is 0 Å². The fourth-order valence-electron chi connectivity index (χ4n) is 2.73. The number of esters is 1. The molecule has 136 valence electrons. The van der Waals surface area contributed by atoms with Gasteiger partial charge in [0.05, 0.1) is 13.7 Å². The number of carbonyl (C=O) groups is 3. The Morgan fingerprint density at radius 3 is 2.69 bits per heavy atom. The molecule has 0 spiro atoms. The zero-order chi connectivity index (χ0) is 19.1. The van der Waals surface area contributed by atoms with Crippen LogP contribution in [0.3, 0.4) is 0 Å². The third-order valence-corrected chi connectivity index (χ3v) is 4.10. The smallest absolute Gasteiger partial charge is 0.373 e. The van der Waals surface area contributed by atoms with E-state index in [-0.39, 0.29) is 23.6 Å². The average Bonchev–Trinajstić information content (AvgIpc) is 3.16. The maximum Gasteiger partial charge on any atom is 0.373 e. The van der Waals surface area contributed by atoms with Gasteiger partial charge in [-0.25, -0.2) is 18.4 Å². The standard InChI is InChI=1S/C17H14F2N2O5/c1-17(11-7-9(18)3-5-12(11)19)15(23)21(16(24)20-17)8-10-4-6-13(26-10)14(22)25-2/h3-7H,8H2,1-2H3,(H,20,24)/t17-/m1/s1. The van der Waals surface area contributed by atoms with E-state index in [0.29, 0.717) is 0 Å². The maximum absolute atomic E-state index is 14.1. The molecule has 26 heavy (non-hydrogen) atoms. The Kier molecular flexibility index (Phi) is 4.23. The highest BCUT2D eigenvalue weighted by Crippen LogP contribution is 2.32. The van der Waals surface area contributed by atoms with Gasteiger partial charge in [-0.3, -0.25) is 9.69 Å². The van der Waals surface area contributed by atoms with Crippen LogP contribution in [0.15, 0.2) is 34.7 Å². The van der Waals surface area contributed by atoms with Crippen molar-refractivity contribution >= 4 is 17.9 Å². The second-order valence-electron chi connectivity index (χ2n) is 5.83. The summed E-state index contributed by atoms with van der Waals surface area (Å²) < 4.78 is 37.3. The third kappa shape index (κ3) is 2.81. The minimum atomic E-state index is -1.76. The molecule has 1 aliphatic rings. The quantitative estimate of drug-likeness (QED) is 0.664. The fraction of sp³-hybridized carbons (Fsp3) is 0.235. The first-order chi connectivity index (χ1) is 12.3. The molecule has 1 fully saturated rings. The van der Waals surface area contributed by atoms with Gasteiger partial charge in [-0.2, -0.15) is 0 Å². The highest BCUT2D eigenvalue weighted by Gasteiger charge is 2.50. The molecule has 1 aromatic heterocycles. The number of rotatable bonds is 4. The Morgan fingerprint density at radius 2 is 2.00 bits per heavy atom. The van der Waals surface area contributed by atoms with Crippen molar-refractivity contribution in [2.24, 2.45) is 0 Å². The molecule has 1 aromatic carbocycles. The number of methoxy groups -OCH3 is 1. The fourth-order valence-corrected chi connectivity index (χ4v) is 2.73. The highest BCUT2D eigenvalue weighted by atomic mass is 19.1. The molecular weight excluding hydrogens is 350 g/mol. The summed E-state index contributed by atoms with van der Waals surface area (Å²) in [6.45, 7) is 1.00. The SMILES string of the molecule is COC(=O)c1ccc(CN2C(=O)N[C@](C)(c3cc(F)ccc3F)C2=O)o1. The van der Waals surface area contributed by atoms with E-state index in [2.05, 4.69) is 10.1 Å². The number of carbonyl (C=O) groups excluding carboxylic acids is 3. The van der Waals surface area contributed by atoms with Crippen molar-refractivity contribution in [2.45, 2.75) is 19.0 Å². The third-order valence-electron chi connectivity index (χ3n) is 4.10. The van der Waals surface area contributed by atoms with Gasteiger partial charge in [-0.1, -0.05) is 0 Å². The van der Waals surface area contributed by atoms with Crippen LogP contribution in [-0.4, -0.2) is 29.9 Å². The summed E-state index contributed by atoms with van der Waals surface area (Å²) in [7, 11) is 1.18. The number of amides is 3. The van der Waals surface area contributed by atoms with Crippen LogP contribution in [0.1, 0.15) is 28.8 Å². The van der Waals surface area contributed by atoms with Crippen molar-refractivity contribution in [3.05, 3.63) is 59.1 Å². The second kappa shape index (κ2) is 6.25. The number of halogens is 2. The lowest BCUT2D eigenvalue weighted by Crippen LogP contribution is -2.41. The first-order valence-electron chi connectivity index (χ1n) is 7.53. The minimum Gasteiger partial charge on any atom is -0.463 e. The molecule has 3 amide bonds. The lowest BCUT2D eigenvalue weighted by molar-refractivity contribution is -0.131. The Balaban J connectivity index is 1.88. The van der Waals surface area contributed by atoms with Crippen LogP contribution in [0.2, 0.25) is 0 Å². The highest BCUT2D eigenvalue weighted by molar-refractivity contribution is 6.07. The lowest BCUT2D eigenvalue weighted by atomic mass is 9.91. The molecule has 0 unspecified atom stereocenters. The van der Waals surface area contributed by atoms with E-state index in [1.165, 1.54) is 26.2 Å². The van der Waals surface area contributed by atoms with Gasteiger partial charge in [-0.15, -0.1) is 0 Å². The molecule has 2 heterocycles. The van der Waals surface area contributed by atoms with E-state index in [9.17, 15) is 23.2 Å². The van der Waals surface area contributed by atoms with Crippen molar-refractivity contribution in [3.63, 3.8) is 0 Å². The van der Waals surface area contributed by atoms with Gasteiger partial charge in [0.2, 0.25) is 5.76 Å². The summed E-state index contributed by atoms with van der Waals surface area (Å²) in [5.41, 5.74) is -2.05. The predicted molar refractivity (Wildman–Crippen MR) is 82.8 cm³/mol. The maximum atomic E-state index is 14.1. The summed E-state index contributed by atoms with van der Waals surface area (Å²) in [5, 5.41) is 2.37. The first-order valence-corrected chi connectivity index (χ1v) is 7.53. The number of imide groups is 1. The van der Waals surface area contributed by atoms with Gasteiger partial charge in [0.25, 0.3) is 5.91 Å². The summed E-state index contributed by atoms with van der Waals surface area (Å²) >= 11 is 0. The monoisotopic (exact) mass is 364 g/mol. The molecule has 3 rings (SSSR count). The van der Waals surface area contributed by atoms with E-state index in [0.717, 1.165) is 23.1 Å². The Hall–Kier alpha value is -3.23. The Bertz CT molecular complexity index is 910. The average molecular weight is 364 g/mol. The molecular formula is C17H14F2N2O5. The van der Waals surface area contributed by atoms with Gasteiger partial charge in [0.1, 0.15) is 22.9 Å². The first kappa shape index (κ1) is 17.6. The van der Waals surface area contributed by atoms with E-state index in [4.69, 9.17) is 4.42 Å². The molecule has 1 saturated heterocycles. The molecule has 0 bridgehead atoms. The van der Waals surface area contributed by atoms with Crippen molar-refractivity contribution in [1.82, 2.24) is 10.2 Å². The van der Waals surface area contributed by atoms with Crippen molar-refractivity contribution in [2.75, 3.05) is 7.11 Å². The number of ether oxygens (including phenoxy) is 1. The van der Waals surface area contributed by atoms with E-state index in [1.54, 1.807) is 0 Å². The van der Waals surface area contributed by atoms with Crippen molar-refractivity contribution < 1.29 is 32.3 Å². The molecule has 1 N–H and O–H groups in total. The molecule has 0 radical (unpaired) electrons. The Morgan fingerprint density at radius 1 is 1.27 bits per heavy atom. The summed E-state index contributed by atoms with van der Waals surface area (Å²) in [6, 6.07) is 4.61. The van der Waals surface area contributed by atoms with E-state index in [1.807, 2.05) is 0 Å². The number of furan rings is 1. The van der Waals surface area contributed by atoms with Crippen LogP contribution in [0.25, 0.3) is 0 Å². The zero-order valence-electron chi connectivity index (χ0n) is 13.8. The summed E-state index contributed by atoms with van der Waals surface area (Å²) in [4.78, 5) is 37.1. The molecule has 9 heteroatoms. The molecule has 0 aliphatic carbocycles. The summed E-state index contributed by atoms with van der Waals surface area (Å²) in [5.74, 6) is -2.98. The lowest BCUT2D eigenvalue weighted by Gasteiger charge is -2.22. The van der Waals surface area contributed by atoms with Crippen LogP contribution >= 0.6 is 0 Å².